The summed E-state index contributed by atoms with van der Waals surface area (Å²) in [5, 5.41) is 6.50. The number of aliphatic imine (C=N–C) groups is 1. The number of rotatable bonds is 7. The van der Waals surface area contributed by atoms with Crippen molar-refractivity contribution < 1.29 is 8.42 Å². The lowest BCUT2D eigenvalue weighted by atomic mass is 10.2. The van der Waals surface area contributed by atoms with Gasteiger partial charge in [-0.3, -0.25) is 0 Å². The first kappa shape index (κ1) is 24.2. The summed E-state index contributed by atoms with van der Waals surface area (Å²) >= 11 is 0. The minimum absolute atomic E-state index is 0. The lowest BCUT2D eigenvalue weighted by molar-refractivity contribution is 0.346. The van der Waals surface area contributed by atoms with Crippen LogP contribution in [-0.2, 0) is 16.6 Å². The largest absolute Gasteiger partial charge is 0.357 e. The quantitative estimate of drug-likeness (QED) is 0.337. The maximum absolute atomic E-state index is 13.0. The van der Waals surface area contributed by atoms with E-state index in [9.17, 15) is 8.42 Å². The molecule has 2 rings (SSSR count). The number of piperidine rings is 1. The Kier molecular flexibility index (Phi) is 10.6. The molecule has 1 aliphatic heterocycles. The minimum Gasteiger partial charge on any atom is -0.357 e. The van der Waals surface area contributed by atoms with E-state index in [1.807, 2.05) is 19.1 Å². The highest BCUT2D eigenvalue weighted by atomic mass is 127. The Hall–Kier alpha value is -0.870. The smallest absolute Gasteiger partial charge is 0.243 e. The van der Waals surface area contributed by atoms with Crippen LogP contribution in [0.2, 0.25) is 0 Å². The summed E-state index contributed by atoms with van der Waals surface area (Å²) < 4.78 is 27.7. The molecular weight excluding hydrogens is 475 g/mol. The highest BCUT2D eigenvalue weighted by Crippen LogP contribution is 2.24. The second kappa shape index (κ2) is 11.9. The molecule has 0 bridgehead atoms. The molecule has 0 aliphatic carbocycles. The van der Waals surface area contributed by atoms with E-state index in [0.717, 1.165) is 37.9 Å². The third kappa shape index (κ3) is 7.23. The number of guanidine groups is 1. The highest BCUT2D eigenvalue weighted by Gasteiger charge is 2.27. The zero-order valence-electron chi connectivity index (χ0n) is 16.6. The molecule has 0 radical (unpaired) electrons. The molecule has 2 N–H and O–H groups in total. The molecule has 1 saturated heterocycles. The first-order valence-corrected chi connectivity index (χ1v) is 11.0. The van der Waals surface area contributed by atoms with Crippen LogP contribution >= 0.6 is 24.0 Å². The van der Waals surface area contributed by atoms with Gasteiger partial charge in [0.25, 0.3) is 0 Å². The van der Waals surface area contributed by atoms with Gasteiger partial charge in [-0.1, -0.05) is 38.5 Å². The molecule has 1 aromatic rings. The van der Waals surface area contributed by atoms with Gasteiger partial charge in [-0.25, -0.2) is 13.4 Å². The Morgan fingerprint density at radius 2 is 1.81 bits per heavy atom. The number of benzene rings is 1. The van der Waals surface area contributed by atoms with E-state index in [4.69, 9.17) is 0 Å². The molecular formula is C19H33IN4O2S. The predicted molar refractivity (Wildman–Crippen MR) is 122 cm³/mol. The molecule has 0 saturated carbocycles. The van der Waals surface area contributed by atoms with Crippen molar-refractivity contribution in [1.82, 2.24) is 14.9 Å². The first-order valence-electron chi connectivity index (χ1n) is 9.55. The van der Waals surface area contributed by atoms with Gasteiger partial charge in [0, 0.05) is 26.2 Å². The predicted octanol–water partition coefficient (Wildman–Crippen LogP) is 3.19. The zero-order chi connectivity index (χ0) is 19.0. The van der Waals surface area contributed by atoms with E-state index in [0.29, 0.717) is 36.4 Å². The molecule has 0 spiro atoms. The Morgan fingerprint density at radius 1 is 1.15 bits per heavy atom. The Balaban J connectivity index is 0.00000364. The average Bonchev–Trinajstić information content (AvgIpc) is 2.65. The molecule has 1 aliphatic rings. The van der Waals surface area contributed by atoms with E-state index in [1.165, 1.54) is 0 Å². The molecule has 0 amide bonds. The fourth-order valence-electron chi connectivity index (χ4n) is 2.94. The monoisotopic (exact) mass is 508 g/mol. The third-order valence-electron chi connectivity index (χ3n) is 4.33. The van der Waals surface area contributed by atoms with Crippen molar-refractivity contribution in [3.05, 3.63) is 29.8 Å². The van der Waals surface area contributed by atoms with Crippen LogP contribution in [-0.4, -0.2) is 44.9 Å². The lowest BCUT2D eigenvalue weighted by Gasteiger charge is -2.26. The second-order valence-electron chi connectivity index (χ2n) is 7.04. The van der Waals surface area contributed by atoms with Gasteiger partial charge in [-0.2, -0.15) is 4.31 Å². The normalized spacial score (nSPS) is 16.1. The van der Waals surface area contributed by atoms with Crippen molar-refractivity contribution in [2.45, 2.75) is 51.5 Å². The van der Waals surface area contributed by atoms with Crippen molar-refractivity contribution in [1.29, 1.82) is 0 Å². The third-order valence-corrected chi connectivity index (χ3v) is 6.33. The number of sulfonamides is 1. The lowest BCUT2D eigenvalue weighted by Crippen LogP contribution is -2.39. The standard InChI is InChI=1S/C19H32N4O2S.HI/c1-4-20-19(21-14-16(2)3)22-15-17-10-6-7-11-18(17)26(24,25)23-12-8-5-9-13-23;/h6-7,10-11,16H,4-5,8-9,12-15H2,1-3H3,(H2,20,21,22);1H. The molecule has 1 aromatic carbocycles. The van der Waals surface area contributed by atoms with Gasteiger partial charge < -0.3 is 10.6 Å². The number of nitrogens with zero attached hydrogens (tertiary/aromatic N) is 2. The highest BCUT2D eigenvalue weighted by molar-refractivity contribution is 14.0. The van der Waals surface area contributed by atoms with Crippen molar-refractivity contribution in [3.63, 3.8) is 0 Å². The van der Waals surface area contributed by atoms with Crippen LogP contribution < -0.4 is 10.6 Å². The van der Waals surface area contributed by atoms with Gasteiger partial charge in [-0.05, 0) is 37.3 Å². The Morgan fingerprint density at radius 3 is 2.44 bits per heavy atom. The van der Waals surface area contributed by atoms with Crippen LogP contribution in [0.15, 0.2) is 34.2 Å². The summed E-state index contributed by atoms with van der Waals surface area (Å²) in [7, 11) is -3.46. The van der Waals surface area contributed by atoms with E-state index in [2.05, 4.69) is 29.5 Å². The van der Waals surface area contributed by atoms with Crippen molar-refractivity contribution in [2.75, 3.05) is 26.2 Å². The van der Waals surface area contributed by atoms with Crippen LogP contribution in [0.5, 0.6) is 0 Å². The van der Waals surface area contributed by atoms with Crippen LogP contribution in [0, 0.1) is 5.92 Å². The maximum Gasteiger partial charge on any atom is 0.243 e. The summed E-state index contributed by atoms with van der Waals surface area (Å²) in [5.74, 6) is 1.22. The molecule has 0 unspecified atom stereocenters. The van der Waals surface area contributed by atoms with Crippen molar-refractivity contribution in [3.8, 4) is 0 Å². The van der Waals surface area contributed by atoms with Crippen LogP contribution in [0.4, 0.5) is 0 Å². The zero-order valence-corrected chi connectivity index (χ0v) is 19.7. The minimum atomic E-state index is -3.46. The number of hydrogen-bond donors (Lipinski definition) is 2. The molecule has 1 fully saturated rings. The van der Waals surface area contributed by atoms with Gasteiger partial charge in [0.05, 0.1) is 11.4 Å². The molecule has 8 heteroatoms. The average molecular weight is 508 g/mol. The van der Waals surface area contributed by atoms with Gasteiger partial charge in [-0.15, -0.1) is 24.0 Å². The Labute approximate surface area is 181 Å². The SMILES string of the molecule is CCNC(=NCc1ccccc1S(=O)(=O)N1CCCCC1)NCC(C)C.I. The topological polar surface area (TPSA) is 73.8 Å². The van der Waals surface area contributed by atoms with Gasteiger partial charge in [0.1, 0.15) is 0 Å². The molecule has 154 valence electrons. The molecule has 1 heterocycles. The van der Waals surface area contributed by atoms with E-state index in [1.54, 1.807) is 16.4 Å². The fourth-order valence-corrected chi connectivity index (χ4v) is 4.67. The van der Waals surface area contributed by atoms with Crippen LogP contribution in [0.1, 0.15) is 45.6 Å². The molecule has 27 heavy (non-hydrogen) atoms. The summed E-state index contributed by atoms with van der Waals surface area (Å²) in [5.41, 5.74) is 0.736. The molecule has 6 nitrogen and oxygen atoms in total. The number of hydrogen-bond acceptors (Lipinski definition) is 3. The first-order chi connectivity index (χ1) is 12.4. The Bertz CT molecular complexity index is 701. The summed E-state index contributed by atoms with van der Waals surface area (Å²) in [6.07, 6.45) is 2.97. The van der Waals surface area contributed by atoms with E-state index >= 15 is 0 Å². The second-order valence-corrected chi connectivity index (χ2v) is 8.95. The van der Waals surface area contributed by atoms with Gasteiger partial charge >= 0.3 is 0 Å². The molecule has 0 aromatic heterocycles. The number of halogens is 1. The fraction of sp³-hybridized carbons (Fsp3) is 0.632. The van der Waals surface area contributed by atoms with Gasteiger partial charge in [0.2, 0.25) is 10.0 Å². The summed E-state index contributed by atoms with van der Waals surface area (Å²) in [4.78, 5) is 4.97. The van der Waals surface area contributed by atoms with Crippen molar-refractivity contribution >= 4 is 40.0 Å². The van der Waals surface area contributed by atoms with Gasteiger partial charge in [0.15, 0.2) is 5.96 Å². The number of nitrogens with one attached hydrogen (secondary N) is 2. The summed E-state index contributed by atoms with van der Waals surface area (Å²) in [6.45, 7) is 9.42. The van der Waals surface area contributed by atoms with Crippen LogP contribution in [0.25, 0.3) is 0 Å². The van der Waals surface area contributed by atoms with E-state index < -0.39 is 10.0 Å². The molecule has 0 atom stereocenters. The van der Waals surface area contributed by atoms with Crippen LogP contribution in [0.3, 0.4) is 0 Å². The van der Waals surface area contributed by atoms with Crippen molar-refractivity contribution in [2.24, 2.45) is 10.9 Å². The summed E-state index contributed by atoms with van der Waals surface area (Å²) in [6, 6.07) is 7.20. The van der Waals surface area contributed by atoms with E-state index in [-0.39, 0.29) is 24.0 Å². The maximum atomic E-state index is 13.0.